The van der Waals surface area contributed by atoms with Crippen LogP contribution >= 0.6 is 12.4 Å². The van der Waals surface area contributed by atoms with Crippen LogP contribution in [0.25, 0.3) is 0 Å². The van der Waals surface area contributed by atoms with E-state index in [1.807, 2.05) is 0 Å². The molecule has 21 heavy (non-hydrogen) atoms. The topological polar surface area (TPSA) is 78.5 Å². The molecule has 0 aromatic carbocycles. The summed E-state index contributed by atoms with van der Waals surface area (Å²) in [7, 11) is -3.15. The van der Waals surface area contributed by atoms with Crippen molar-refractivity contribution in [3.63, 3.8) is 0 Å². The summed E-state index contributed by atoms with van der Waals surface area (Å²) in [5, 5.41) is 6.18. The fourth-order valence-electron chi connectivity index (χ4n) is 2.77. The Bertz CT molecular complexity index is 418. The summed E-state index contributed by atoms with van der Waals surface area (Å²) < 4.78 is 25.5. The quantitative estimate of drug-likeness (QED) is 0.707. The highest BCUT2D eigenvalue weighted by molar-refractivity contribution is 7.89. The van der Waals surface area contributed by atoms with Gasteiger partial charge in [-0.3, -0.25) is 4.79 Å². The van der Waals surface area contributed by atoms with Gasteiger partial charge in [-0.05, 0) is 38.6 Å². The summed E-state index contributed by atoms with van der Waals surface area (Å²) in [5.74, 6) is 0.0394. The molecule has 1 unspecified atom stereocenters. The van der Waals surface area contributed by atoms with Gasteiger partial charge in [0.25, 0.3) is 0 Å². The Labute approximate surface area is 133 Å². The summed E-state index contributed by atoms with van der Waals surface area (Å²) in [5.41, 5.74) is 0. The number of sulfonamides is 1. The largest absolute Gasteiger partial charge is 0.355 e. The van der Waals surface area contributed by atoms with E-state index >= 15 is 0 Å². The number of hydrogen-bond donors (Lipinski definition) is 2. The lowest BCUT2D eigenvalue weighted by Crippen LogP contribution is -2.37. The lowest BCUT2D eigenvalue weighted by molar-refractivity contribution is -0.121. The van der Waals surface area contributed by atoms with E-state index in [0.29, 0.717) is 38.5 Å². The van der Waals surface area contributed by atoms with Gasteiger partial charge in [0, 0.05) is 32.1 Å². The van der Waals surface area contributed by atoms with Crippen molar-refractivity contribution < 1.29 is 13.2 Å². The fraction of sp³-hybridized carbons (Fsp3) is 0.923. The molecule has 2 aliphatic heterocycles. The zero-order valence-corrected chi connectivity index (χ0v) is 14.0. The summed E-state index contributed by atoms with van der Waals surface area (Å²) >= 11 is 0. The van der Waals surface area contributed by atoms with Crippen molar-refractivity contribution in [2.75, 3.05) is 31.9 Å². The molecule has 0 bridgehead atoms. The molecule has 2 heterocycles. The van der Waals surface area contributed by atoms with Gasteiger partial charge in [-0.25, -0.2) is 12.7 Å². The number of nitrogens with one attached hydrogen (secondary N) is 2. The van der Waals surface area contributed by atoms with Crippen LogP contribution in [-0.2, 0) is 14.8 Å². The van der Waals surface area contributed by atoms with E-state index in [4.69, 9.17) is 0 Å². The first kappa shape index (κ1) is 18.7. The van der Waals surface area contributed by atoms with E-state index in [-0.39, 0.29) is 24.1 Å². The Morgan fingerprint density at radius 2 is 1.95 bits per heavy atom. The third kappa shape index (κ3) is 6.10. The number of nitrogens with zero attached hydrogens (tertiary/aromatic N) is 1. The van der Waals surface area contributed by atoms with Gasteiger partial charge in [0.2, 0.25) is 15.9 Å². The highest BCUT2D eigenvalue weighted by Gasteiger charge is 2.24. The number of amides is 1. The van der Waals surface area contributed by atoms with Gasteiger partial charge in [0.15, 0.2) is 0 Å². The first-order valence-corrected chi connectivity index (χ1v) is 9.17. The Kier molecular flexibility index (Phi) is 7.94. The van der Waals surface area contributed by atoms with Gasteiger partial charge in [0.1, 0.15) is 0 Å². The zero-order valence-electron chi connectivity index (χ0n) is 12.3. The van der Waals surface area contributed by atoms with E-state index in [2.05, 4.69) is 10.6 Å². The van der Waals surface area contributed by atoms with Crippen molar-refractivity contribution in [1.82, 2.24) is 14.9 Å². The molecule has 2 N–H and O–H groups in total. The number of hydrogen-bond acceptors (Lipinski definition) is 4. The smallest absolute Gasteiger partial charge is 0.220 e. The number of carbonyl (C=O) groups excluding carboxylic acids is 1. The second-order valence-corrected chi connectivity index (χ2v) is 7.71. The minimum absolute atomic E-state index is 0. The van der Waals surface area contributed by atoms with Gasteiger partial charge < -0.3 is 10.6 Å². The van der Waals surface area contributed by atoms with E-state index in [1.54, 1.807) is 4.31 Å². The van der Waals surface area contributed by atoms with Gasteiger partial charge >= 0.3 is 0 Å². The molecule has 124 valence electrons. The summed E-state index contributed by atoms with van der Waals surface area (Å²) in [6.45, 7) is 2.95. The van der Waals surface area contributed by atoms with Crippen LogP contribution in [-0.4, -0.2) is 56.6 Å². The van der Waals surface area contributed by atoms with Crippen LogP contribution in [0.1, 0.15) is 38.5 Å². The molecule has 1 amide bonds. The Morgan fingerprint density at radius 1 is 1.24 bits per heavy atom. The van der Waals surface area contributed by atoms with Crippen molar-refractivity contribution >= 4 is 28.3 Å². The van der Waals surface area contributed by atoms with Crippen LogP contribution in [0, 0.1) is 0 Å². The average Bonchev–Trinajstić information content (AvgIpc) is 3.09. The summed E-state index contributed by atoms with van der Waals surface area (Å²) in [6, 6.07) is 0.382. The molecule has 2 rings (SSSR count). The van der Waals surface area contributed by atoms with Crippen LogP contribution in [0.3, 0.4) is 0 Å². The molecule has 0 aliphatic carbocycles. The van der Waals surface area contributed by atoms with E-state index < -0.39 is 10.0 Å². The van der Waals surface area contributed by atoms with E-state index in [9.17, 15) is 13.2 Å². The fourth-order valence-corrected chi connectivity index (χ4v) is 4.35. The molecule has 0 spiro atoms. The van der Waals surface area contributed by atoms with Crippen molar-refractivity contribution in [1.29, 1.82) is 0 Å². The molecule has 1 atom stereocenters. The maximum absolute atomic E-state index is 12.0. The van der Waals surface area contributed by atoms with Crippen LogP contribution in [0.15, 0.2) is 0 Å². The van der Waals surface area contributed by atoms with Gasteiger partial charge in [0.05, 0.1) is 5.75 Å². The third-order valence-corrected chi connectivity index (χ3v) is 5.93. The second kappa shape index (κ2) is 8.92. The van der Waals surface area contributed by atoms with Gasteiger partial charge in [-0.1, -0.05) is 0 Å². The molecule has 6 nitrogen and oxygen atoms in total. The van der Waals surface area contributed by atoms with Crippen molar-refractivity contribution in [2.24, 2.45) is 0 Å². The minimum Gasteiger partial charge on any atom is -0.355 e. The Balaban J connectivity index is 0.00000220. The molecule has 2 fully saturated rings. The molecule has 0 radical (unpaired) electrons. The standard InChI is InChI=1S/C13H25N3O3S.ClH/c17-13(15-11-12-5-3-7-14-12)6-4-10-20(18,19)16-8-1-2-9-16;/h12,14H,1-11H2,(H,15,17);1H. The third-order valence-electron chi connectivity index (χ3n) is 3.97. The summed E-state index contributed by atoms with van der Waals surface area (Å²) in [4.78, 5) is 11.7. The molecule has 0 aromatic heterocycles. The zero-order chi connectivity index (χ0) is 14.4. The lowest BCUT2D eigenvalue weighted by Gasteiger charge is -2.15. The van der Waals surface area contributed by atoms with Crippen LogP contribution in [0.2, 0.25) is 0 Å². The van der Waals surface area contributed by atoms with Crippen LogP contribution in [0.4, 0.5) is 0 Å². The second-order valence-electron chi connectivity index (χ2n) is 5.62. The van der Waals surface area contributed by atoms with Crippen molar-refractivity contribution in [3.05, 3.63) is 0 Å². The first-order chi connectivity index (χ1) is 9.58. The lowest BCUT2D eigenvalue weighted by atomic mass is 10.2. The normalized spacial score (nSPS) is 23.0. The highest BCUT2D eigenvalue weighted by Crippen LogP contribution is 2.14. The SMILES string of the molecule is Cl.O=C(CCCS(=O)(=O)N1CCCC1)NCC1CCCN1. The average molecular weight is 340 g/mol. The van der Waals surface area contributed by atoms with Crippen molar-refractivity contribution in [3.8, 4) is 0 Å². The van der Waals surface area contributed by atoms with Crippen LogP contribution in [0.5, 0.6) is 0 Å². The van der Waals surface area contributed by atoms with Crippen LogP contribution < -0.4 is 10.6 Å². The number of halogens is 1. The monoisotopic (exact) mass is 339 g/mol. The minimum atomic E-state index is -3.15. The molecular formula is C13H26ClN3O3S. The molecule has 0 saturated carbocycles. The maximum Gasteiger partial charge on any atom is 0.220 e. The molecule has 0 aromatic rings. The van der Waals surface area contributed by atoms with E-state index in [0.717, 1.165) is 32.2 Å². The molecule has 2 aliphatic rings. The van der Waals surface area contributed by atoms with Gasteiger partial charge in [-0.15, -0.1) is 12.4 Å². The highest BCUT2D eigenvalue weighted by atomic mass is 35.5. The predicted octanol–water partition coefficient (Wildman–Crippen LogP) is 0.482. The molecule has 2 saturated heterocycles. The summed E-state index contributed by atoms with van der Waals surface area (Å²) in [6.07, 6.45) is 4.86. The molecule has 8 heteroatoms. The number of rotatable bonds is 7. The Hall–Kier alpha value is -0.370. The van der Waals surface area contributed by atoms with Crippen molar-refractivity contribution in [2.45, 2.75) is 44.6 Å². The van der Waals surface area contributed by atoms with Gasteiger partial charge in [-0.2, -0.15) is 0 Å². The number of carbonyl (C=O) groups is 1. The Morgan fingerprint density at radius 3 is 2.57 bits per heavy atom. The molecular weight excluding hydrogens is 314 g/mol. The van der Waals surface area contributed by atoms with E-state index in [1.165, 1.54) is 0 Å². The first-order valence-electron chi connectivity index (χ1n) is 7.56. The maximum atomic E-state index is 12.0. The predicted molar refractivity (Wildman–Crippen MR) is 85.1 cm³/mol.